The average molecular weight is 420 g/mol. The second kappa shape index (κ2) is 6.16. The lowest BCUT2D eigenvalue weighted by Crippen LogP contribution is -2.12. The van der Waals surface area contributed by atoms with Crippen LogP contribution in [0, 0.1) is 6.92 Å². The first-order chi connectivity index (χ1) is 9.38. The van der Waals surface area contributed by atoms with E-state index < -0.39 is 5.91 Å². The van der Waals surface area contributed by atoms with Crippen molar-refractivity contribution in [3.05, 3.63) is 55.4 Å². The second-order valence-corrected chi connectivity index (χ2v) is 6.37. The maximum atomic E-state index is 12.2. The van der Waals surface area contributed by atoms with Gasteiger partial charge in [-0.15, -0.1) is 0 Å². The van der Waals surface area contributed by atoms with Crippen molar-refractivity contribution in [2.45, 2.75) is 6.92 Å². The van der Waals surface area contributed by atoms with Crippen molar-refractivity contribution in [3.63, 3.8) is 0 Å². The zero-order chi connectivity index (χ0) is 14.9. The average Bonchev–Trinajstić information content (AvgIpc) is 2.38. The first kappa shape index (κ1) is 15.4. The van der Waals surface area contributed by atoms with Crippen LogP contribution in [0.3, 0.4) is 0 Å². The Morgan fingerprint density at radius 3 is 2.65 bits per heavy atom. The number of halogens is 3. The molecule has 104 valence electrons. The van der Waals surface area contributed by atoms with E-state index in [1.807, 2.05) is 13.0 Å². The van der Waals surface area contributed by atoms with Gasteiger partial charge in [-0.05, 0) is 58.7 Å². The van der Waals surface area contributed by atoms with Gasteiger partial charge < -0.3 is 10.4 Å². The van der Waals surface area contributed by atoms with Crippen LogP contribution in [0.25, 0.3) is 0 Å². The van der Waals surface area contributed by atoms with Gasteiger partial charge in [0.1, 0.15) is 5.75 Å². The summed E-state index contributed by atoms with van der Waals surface area (Å²) in [6, 6.07) is 8.14. The summed E-state index contributed by atoms with van der Waals surface area (Å²) in [6.07, 6.45) is 0. The Labute approximate surface area is 138 Å². The van der Waals surface area contributed by atoms with E-state index in [4.69, 9.17) is 11.6 Å². The number of hydrogen-bond donors (Lipinski definition) is 2. The number of carbonyl (C=O) groups is 1. The number of rotatable bonds is 2. The molecule has 0 radical (unpaired) electrons. The highest BCUT2D eigenvalue weighted by atomic mass is 79.9. The van der Waals surface area contributed by atoms with Crippen LogP contribution in [0.2, 0.25) is 5.02 Å². The van der Waals surface area contributed by atoms with E-state index in [1.165, 1.54) is 6.07 Å². The Morgan fingerprint density at radius 1 is 1.25 bits per heavy atom. The molecule has 0 saturated carbocycles. The van der Waals surface area contributed by atoms with Gasteiger partial charge in [0, 0.05) is 14.0 Å². The maximum Gasteiger partial charge on any atom is 0.259 e. The van der Waals surface area contributed by atoms with Crippen LogP contribution >= 0.6 is 43.5 Å². The van der Waals surface area contributed by atoms with E-state index in [1.54, 1.807) is 18.2 Å². The third-order valence-electron chi connectivity index (χ3n) is 2.70. The second-order valence-electron chi connectivity index (χ2n) is 4.20. The molecule has 0 aliphatic rings. The fourth-order valence-electron chi connectivity index (χ4n) is 1.62. The molecule has 0 spiro atoms. The molecular formula is C14H10Br2ClNO2. The van der Waals surface area contributed by atoms with E-state index in [0.29, 0.717) is 15.2 Å². The summed E-state index contributed by atoms with van der Waals surface area (Å²) in [6.45, 7) is 1.87. The number of aryl methyl sites for hydroxylation is 1. The summed E-state index contributed by atoms with van der Waals surface area (Å²) in [4.78, 5) is 12.2. The van der Waals surface area contributed by atoms with Gasteiger partial charge in [0.2, 0.25) is 0 Å². The molecule has 0 atom stereocenters. The van der Waals surface area contributed by atoms with Crippen LogP contribution in [0.15, 0.2) is 39.3 Å². The third kappa shape index (κ3) is 3.34. The van der Waals surface area contributed by atoms with Crippen molar-refractivity contribution in [1.82, 2.24) is 0 Å². The molecule has 3 nitrogen and oxygen atoms in total. The minimum Gasteiger partial charge on any atom is -0.507 e. The molecular weight excluding hydrogens is 409 g/mol. The number of phenols is 1. The molecule has 0 aliphatic heterocycles. The molecule has 0 bridgehead atoms. The molecule has 2 aromatic carbocycles. The van der Waals surface area contributed by atoms with E-state index in [-0.39, 0.29) is 11.3 Å². The largest absolute Gasteiger partial charge is 0.507 e. The molecule has 0 saturated heterocycles. The monoisotopic (exact) mass is 417 g/mol. The maximum absolute atomic E-state index is 12.2. The Balaban J connectivity index is 2.32. The molecule has 2 aromatic rings. The minimum absolute atomic E-state index is 0.0833. The first-order valence-electron chi connectivity index (χ1n) is 5.64. The van der Waals surface area contributed by atoms with Gasteiger partial charge in [-0.1, -0.05) is 27.5 Å². The van der Waals surface area contributed by atoms with Gasteiger partial charge in [-0.2, -0.15) is 0 Å². The Kier molecular flexibility index (Phi) is 4.73. The molecule has 0 heterocycles. The van der Waals surface area contributed by atoms with E-state index in [2.05, 4.69) is 37.2 Å². The molecule has 0 aromatic heterocycles. The van der Waals surface area contributed by atoms with Gasteiger partial charge in [-0.25, -0.2) is 0 Å². The number of nitrogens with one attached hydrogen (secondary N) is 1. The molecule has 0 unspecified atom stereocenters. The van der Waals surface area contributed by atoms with Crippen molar-refractivity contribution in [2.75, 3.05) is 5.32 Å². The molecule has 6 heteroatoms. The highest BCUT2D eigenvalue weighted by Crippen LogP contribution is 2.30. The lowest BCUT2D eigenvalue weighted by atomic mass is 10.1. The highest BCUT2D eigenvalue weighted by Gasteiger charge is 2.14. The van der Waals surface area contributed by atoms with Crippen molar-refractivity contribution >= 4 is 55.1 Å². The number of carbonyl (C=O) groups excluding carboxylic acids is 1. The van der Waals surface area contributed by atoms with Crippen molar-refractivity contribution in [1.29, 1.82) is 0 Å². The standard InChI is InChI=1S/C14H10Br2ClNO2/c1-7-4-10(16)12(6-11(7)17)18-14(20)9-5-8(15)2-3-13(9)19/h2-6,19H,1H3,(H,18,20). The number of aromatic hydroxyl groups is 1. The van der Waals surface area contributed by atoms with Crippen LogP contribution in [0.1, 0.15) is 15.9 Å². The van der Waals surface area contributed by atoms with Crippen LogP contribution < -0.4 is 5.32 Å². The smallest absolute Gasteiger partial charge is 0.259 e. The number of benzene rings is 2. The molecule has 0 aliphatic carbocycles. The number of amides is 1. The molecule has 20 heavy (non-hydrogen) atoms. The Morgan fingerprint density at radius 2 is 1.95 bits per heavy atom. The lowest BCUT2D eigenvalue weighted by molar-refractivity contribution is 0.102. The van der Waals surface area contributed by atoms with Crippen molar-refractivity contribution in [2.24, 2.45) is 0 Å². The predicted molar refractivity (Wildman–Crippen MR) is 87.6 cm³/mol. The van der Waals surface area contributed by atoms with Gasteiger partial charge in [0.05, 0.1) is 11.3 Å². The summed E-state index contributed by atoms with van der Waals surface area (Å²) >= 11 is 12.7. The van der Waals surface area contributed by atoms with Crippen molar-refractivity contribution in [3.8, 4) is 5.75 Å². The summed E-state index contributed by atoms with van der Waals surface area (Å²) in [7, 11) is 0. The summed E-state index contributed by atoms with van der Waals surface area (Å²) in [5, 5.41) is 13.0. The topological polar surface area (TPSA) is 49.3 Å². The SMILES string of the molecule is Cc1cc(Br)c(NC(=O)c2cc(Br)ccc2O)cc1Cl. The first-order valence-corrected chi connectivity index (χ1v) is 7.60. The van der Waals surface area contributed by atoms with Crippen LogP contribution in [0.4, 0.5) is 5.69 Å². The lowest BCUT2D eigenvalue weighted by Gasteiger charge is -2.10. The summed E-state index contributed by atoms with van der Waals surface area (Å²) in [5.74, 6) is -0.496. The van der Waals surface area contributed by atoms with Crippen LogP contribution in [-0.2, 0) is 0 Å². The third-order valence-corrected chi connectivity index (χ3v) is 4.26. The predicted octanol–water partition coefficient (Wildman–Crippen LogP) is 5.13. The number of phenolic OH excluding ortho intramolecular Hbond substituents is 1. The van der Waals surface area contributed by atoms with Gasteiger partial charge in [-0.3, -0.25) is 4.79 Å². The van der Waals surface area contributed by atoms with E-state index in [0.717, 1.165) is 10.0 Å². The van der Waals surface area contributed by atoms with Gasteiger partial charge in [0.15, 0.2) is 0 Å². The van der Waals surface area contributed by atoms with E-state index in [9.17, 15) is 9.90 Å². The number of hydrogen-bond acceptors (Lipinski definition) is 2. The zero-order valence-electron chi connectivity index (χ0n) is 10.4. The fraction of sp³-hybridized carbons (Fsp3) is 0.0714. The summed E-state index contributed by atoms with van der Waals surface area (Å²) < 4.78 is 1.43. The quantitative estimate of drug-likeness (QED) is 0.709. The molecule has 2 N–H and O–H groups in total. The van der Waals surface area contributed by atoms with Gasteiger partial charge in [0.25, 0.3) is 5.91 Å². The summed E-state index contributed by atoms with van der Waals surface area (Å²) in [5.41, 5.74) is 1.63. The Bertz CT molecular complexity index is 689. The normalized spacial score (nSPS) is 10.4. The molecule has 1 amide bonds. The molecule has 0 fully saturated rings. The van der Waals surface area contributed by atoms with Gasteiger partial charge >= 0.3 is 0 Å². The zero-order valence-corrected chi connectivity index (χ0v) is 14.3. The minimum atomic E-state index is -0.413. The van der Waals surface area contributed by atoms with Crippen molar-refractivity contribution < 1.29 is 9.90 Å². The Hall–Kier alpha value is -1.04. The fourth-order valence-corrected chi connectivity index (χ4v) is 2.70. The van der Waals surface area contributed by atoms with Crippen LogP contribution in [0.5, 0.6) is 5.75 Å². The van der Waals surface area contributed by atoms with E-state index >= 15 is 0 Å². The number of anilines is 1. The van der Waals surface area contributed by atoms with Crippen LogP contribution in [-0.4, -0.2) is 11.0 Å². The molecule has 2 rings (SSSR count). The highest BCUT2D eigenvalue weighted by molar-refractivity contribution is 9.10.